The van der Waals surface area contributed by atoms with Crippen LogP contribution in [0.15, 0.2) is 42.5 Å². The maximum absolute atomic E-state index is 11.8. The summed E-state index contributed by atoms with van der Waals surface area (Å²) in [6, 6.07) is 14.9. The van der Waals surface area contributed by atoms with E-state index in [-0.39, 0.29) is 0 Å². The summed E-state index contributed by atoms with van der Waals surface area (Å²) in [5, 5.41) is 0. The molecular weight excluding hydrogens is 256 g/mol. The maximum Gasteiger partial charge on any atom is 0.338 e. The van der Waals surface area contributed by atoms with E-state index in [1.807, 2.05) is 0 Å². The van der Waals surface area contributed by atoms with Gasteiger partial charge in [-0.3, -0.25) is 0 Å². The van der Waals surface area contributed by atoms with Crippen molar-refractivity contribution in [3.05, 3.63) is 59.7 Å². The fourth-order valence-corrected chi connectivity index (χ4v) is 1.93. The van der Waals surface area contributed by atoms with E-state index in [2.05, 4.69) is 6.07 Å². The fourth-order valence-electron chi connectivity index (χ4n) is 1.93. The van der Waals surface area contributed by atoms with Crippen LogP contribution in [0.25, 0.3) is 11.1 Å². The smallest absolute Gasteiger partial charge is 0.338 e. The average molecular weight is 269 g/mol. The van der Waals surface area contributed by atoms with Crippen LogP contribution in [0, 0.1) is 6.07 Å². The quantitative estimate of drug-likeness (QED) is 0.804. The number of hydrogen-bond acceptors (Lipinski definition) is 4. The molecule has 2 rings (SSSR count). The molecule has 0 aliphatic rings. The third-order valence-corrected chi connectivity index (χ3v) is 2.86. The Kier molecular flexibility index (Phi) is 4.15. The lowest BCUT2D eigenvalue weighted by molar-refractivity contribution is 0.0590. The summed E-state index contributed by atoms with van der Waals surface area (Å²) in [7, 11) is 2.63. The van der Waals surface area contributed by atoms with Gasteiger partial charge in [-0.15, -0.1) is 0 Å². The largest absolute Gasteiger partial charge is 0.465 e. The zero-order valence-corrected chi connectivity index (χ0v) is 11.2. The summed E-state index contributed by atoms with van der Waals surface area (Å²) in [5.74, 6) is -0.940. The van der Waals surface area contributed by atoms with Crippen molar-refractivity contribution in [3.63, 3.8) is 0 Å². The van der Waals surface area contributed by atoms with Crippen molar-refractivity contribution in [1.29, 1.82) is 0 Å². The molecule has 0 unspecified atom stereocenters. The van der Waals surface area contributed by atoms with Gasteiger partial charge in [0.2, 0.25) is 0 Å². The molecule has 1 radical (unpaired) electrons. The van der Waals surface area contributed by atoms with Crippen LogP contribution in [0.3, 0.4) is 0 Å². The van der Waals surface area contributed by atoms with Crippen molar-refractivity contribution in [2.45, 2.75) is 0 Å². The van der Waals surface area contributed by atoms with Gasteiger partial charge in [-0.05, 0) is 23.8 Å². The second-order valence-electron chi connectivity index (χ2n) is 3.99. The monoisotopic (exact) mass is 269 g/mol. The highest BCUT2D eigenvalue weighted by atomic mass is 16.5. The van der Waals surface area contributed by atoms with Crippen LogP contribution in [-0.2, 0) is 9.47 Å². The number of ether oxygens (including phenoxy) is 2. The normalized spacial score (nSPS) is 9.90. The molecule has 0 aliphatic heterocycles. The van der Waals surface area contributed by atoms with Crippen LogP contribution >= 0.6 is 0 Å². The van der Waals surface area contributed by atoms with E-state index in [0.29, 0.717) is 22.3 Å². The number of carbonyl (C=O) groups is 2. The van der Waals surface area contributed by atoms with E-state index in [1.165, 1.54) is 14.2 Å². The zero-order chi connectivity index (χ0) is 14.5. The first kappa shape index (κ1) is 13.8. The van der Waals surface area contributed by atoms with Crippen molar-refractivity contribution in [2.24, 2.45) is 0 Å². The molecule has 101 valence electrons. The molecule has 0 saturated carbocycles. The minimum atomic E-state index is -0.475. The van der Waals surface area contributed by atoms with Gasteiger partial charge in [0.1, 0.15) is 0 Å². The summed E-state index contributed by atoms with van der Waals surface area (Å²) in [6.45, 7) is 0. The number of benzene rings is 2. The highest BCUT2D eigenvalue weighted by Gasteiger charge is 2.18. The van der Waals surface area contributed by atoms with Crippen molar-refractivity contribution >= 4 is 11.9 Å². The second kappa shape index (κ2) is 6.02. The summed E-state index contributed by atoms with van der Waals surface area (Å²) in [6.07, 6.45) is 0. The molecule has 0 aliphatic carbocycles. The first-order valence-corrected chi connectivity index (χ1v) is 5.95. The Balaban J connectivity index is 2.64. The lowest BCUT2D eigenvalue weighted by atomic mass is 9.95. The first-order chi connectivity index (χ1) is 9.69. The molecule has 0 amide bonds. The van der Waals surface area contributed by atoms with Crippen LogP contribution in [0.2, 0.25) is 0 Å². The van der Waals surface area contributed by atoms with Crippen molar-refractivity contribution < 1.29 is 19.1 Å². The van der Waals surface area contributed by atoms with Crippen LogP contribution in [-0.4, -0.2) is 26.2 Å². The molecular formula is C16H13O4. The maximum atomic E-state index is 11.8. The Morgan fingerprint density at radius 3 is 2.20 bits per heavy atom. The highest BCUT2D eigenvalue weighted by Crippen LogP contribution is 2.27. The summed E-state index contributed by atoms with van der Waals surface area (Å²) >= 11 is 0. The molecule has 0 atom stereocenters. The van der Waals surface area contributed by atoms with E-state index in [9.17, 15) is 9.59 Å². The average Bonchev–Trinajstić information content (AvgIpc) is 2.53. The molecule has 4 nitrogen and oxygen atoms in total. The molecule has 0 heterocycles. The Morgan fingerprint density at radius 2 is 1.50 bits per heavy atom. The number of methoxy groups -OCH3 is 2. The number of rotatable bonds is 3. The van der Waals surface area contributed by atoms with Gasteiger partial charge in [-0.25, -0.2) is 9.59 Å². The van der Waals surface area contributed by atoms with E-state index in [1.54, 1.807) is 42.5 Å². The topological polar surface area (TPSA) is 52.6 Å². The molecule has 4 heteroatoms. The Labute approximate surface area is 116 Å². The van der Waals surface area contributed by atoms with E-state index < -0.39 is 11.9 Å². The fraction of sp³-hybridized carbons (Fsp3) is 0.125. The minimum absolute atomic E-state index is 0.353. The summed E-state index contributed by atoms with van der Waals surface area (Å²) < 4.78 is 9.51. The minimum Gasteiger partial charge on any atom is -0.465 e. The molecule has 0 bridgehead atoms. The molecule has 0 aromatic heterocycles. The predicted octanol–water partition coefficient (Wildman–Crippen LogP) is 2.73. The highest BCUT2D eigenvalue weighted by molar-refractivity contribution is 6.02. The molecule has 0 saturated heterocycles. The molecule has 0 fully saturated rings. The van der Waals surface area contributed by atoms with E-state index in [0.717, 1.165) is 0 Å². The molecule has 20 heavy (non-hydrogen) atoms. The summed E-state index contributed by atoms with van der Waals surface area (Å²) in [5.41, 5.74) is 1.83. The molecule has 0 spiro atoms. The van der Waals surface area contributed by atoms with E-state index in [4.69, 9.17) is 9.47 Å². The van der Waals surface area contributed by atoms with Crippen LogP contribution < -0.4 is 0 Å². The van der Waals surface area contributed by atoms with Crippen LogP contribution in [0.4, 0.5) is 0 Å². The van der Waals surface area contributed by atoms with Crippen LogP contribution in [0.1, 0.15) is 20.7 Å². The third kappa shape index (κ3) is 2.54. The molecule has 2 aromatic rings. The first-order valence-electron chi connectivity index (χ1n) is 5.95. The van der Waals surface area contributed by atoms with Gasteiger partial charge in [-0.2, -0.15) is 0 Å². The Morgan fingerprint density at radius 1 is 0.900 bits per heavy atom. The lowest BCUT2D eigenvalue weighted by Gasteiger charge is -2.11. The van der Waals surface area contributed by atoms with Gasteiger partial charge in [0.15, 0.2) is 0 Å². The predicted molar refractivity (Wildman–Crippen MR) is 73.4 cm³/mol. The van der Waals surface area contributed by atoms with Gasteiger partial charge in [0.05, 0.1) is 25.3 Å². The third-order valence-electron chi connectivity index (χ3n) is 2.86. The standard InChI is InChI=1S/C16H13O4/c1-19-15(17)13-9-5-3-7-11(13)12-8-4-6-10-14(12)16(18)20-2/h3-7,9-10H,1-2H3. The number of hydrogen-bond donors (Lipinski definition) is 0. The second-order valence-corrected chi connectivity index (χ2v) is 3.99. The van der Waals surface area contributed by atoms with Gasteiger partial charge in [0.25, 0.3) is 0 Å². The SMILES string of the molecule is COC(=O)c1ccc[c]c1-c1ccccc1C(=O)OC. The summed E-state index contributed by atoms with van der Waals surface area (Å²) in [4.78, 5) is 23.6. The van der Waals surface area contributed by atoms with Crippen LogP contribution in [0.5, 0.6) is 0 Å². The van der Waals surface area contributed by atoms with Gasteiger partial charge in [-0.1, -0.05) is 30.3 Å². The molecule has 2 aromatic carbocycles. The van der Waals surface area contributed by atoms with E-state index >= 15 is 0 Å². The van der Waals surface area contributed by atoms with Gasteiger partial charge < -0.3 is 9.47 Å². The Bertz CT molecular complexity index is 589. The van der Waals surface area contributed by atoms with Crippen molar-refractivity contribution in [1.82, 2.24) is 0 Å². The van der Waals surface area contributed by atoms with Crippen molar-refractivity contribution in [3.8, 4) is 11.1 Å². The number of carbonyl (C=O) groups excluding carboxylic acids is 2. The molecule has 0 N–H and O–H groups in total. The zero-order valence-electron chi connectivity index (χ0n) is 11.2. The van der Waals surface area contributed by atoms with Crippen molar-refractivity contribution in [2.75, 3.05) is 14.2 Å². The number of esters is 2. The van der Waals surface area contributed by atoms with Gasteiger partial charge >= 0.3 is 11.9 Å². The Hall–Kier alpha value is -2.62. The van der Waals surface area contributed by atoms with Gasteiger partial charge in [0, 0.05) is 5.56 Å². The lowest BCUT2D eigenvalue weighted by Crippen LogP contribution is -2.07.